The number of carbonyl (C=O) groups is 2. The normalized spacial score (nSPS) is 23.1. The topological polar surface area (TPSA) is 93.2 Å². The molecule has 2 fully saturated rings. The van der Waals surface area contributed by atoms with Crippen molar-refractivity contribution in [3.8, 4) is 0 Å². The van der Waals surface area contributed by atoms with E-state index in [1.807, 2.05) is 13.8 Å². The summed E-state index contributed by atoms with van der Waals surface area (Å²) in [7, 11) is -3.50. The molecular formula is C23H32N2O6S. The molecule has 2 aliphatic rings. The Kier molecular flexibility index (Phi) is 8.44. The third kappa shape index (κ3) is 6.63. The Morgan fingerprint density at radius 2 is 1.62 bits per heavy atom. The number of rotatable bonds is 6. The van der Waals surface area contributed by atoms with Crippen LogP contribution in [-0.2, 0) is 29.1 Å². The summed E-state index contributed by atoms with van der Waals surface area (Å²) in [6, 6.07) is 6.40. The Hall–Kier alpha value is -2.23. The van der Waals surface area contributed by atoms with E-state index in [2.05, 4.69) is 0 Å². The zero-order chi connectivity index (χ0) is 23.1. The van der Waals surface area contributed by atoms with E-state index >= 15 is 0 Å². The standard InChI is InChI=1S/C23H32N2O6S/c1-18-15-24(16-19(2)31-18)22(26)17-30-23(27)12-9-20-7-10-21(11-8-20)32(28,29)25-13-5-3-4-6-14-25/h7-12,18-19H,3-6,13-17H2,1-2H3/b12-9+. The first-order valence-electron chi connectivity index (χ1n) is 11.1. The second-order valence-electron chi connectivity index (χ2n) is 8.38. The molecule has 0 spiro atoms. The van der Waals surface area contributed by atoms with E-state index in [0.29, 0.717) is 31.7 Å². The van der Waals surface area contributed by atoms with Gasteiger partial charge in [0.05, 0.1) is 17.1 Å². The lowest BCUT2D eigenvalue weighted by atomic mass is 10.2. The molecule has 2 atom stereocenters. The van der Waals surface area contributed by atoms with Crippen LogP contribution in [0.3, 0.4) is 0 Å². The van der Waals surface area contributed by atoms with Gasteiger partial charge < -0.3 is 14.4 Å². The fourth-order valence-corrected chi connectivity index (χ4v) is 5.52. The predicted octanol–water partition coefficient (Wildman–Crippen LogP) is 2.44. The smallest absolute Gasteiger partial charge is 0.331 e. The number of hydrogen-bond donors (Lipinski definition) is 0. The molecule has 0 radical (unpaired) electrons. The molecule has 0 saturated carbocycles. The second kappa shape index (κ2) is 11.1. The van der Waals surface area contributed by atoms with Gasteiger partial charge in [-0.1, -0.05) is 25.0 Å². The molecule has 1 aromatic carbocycles. The number of amides is 1. The van der Waals surface area contributed by atoms with Gasteiger partial charge in [-0.2, -0.15) is 4.31 Å². The van der Waals surface area contributed by atoms with E-state index in [9.17, 15) is 18.0 Å². The van der Waals surface area contributed by atoms with Gasteiger partial charge in [0.15, 0.2) is 6.61 Å². The van der Waals surface area contributed by atoms with Gasteiger partial charge in [0.2, 0.25) is 10.0 Å². The van der Waals surface area contributed by atoms with E-state index in [1.54, 1.807) is 33.5 Å². The van der Waals surface area contributed by atoms with E-state index < -0.39 is 16.0 Å². The number of nitrogens with zero attached hydrogens (tertiary/aromatic N) is 2. The summed E-state index contributed by atoms with van der Waals surface area (Å²) in [6.07, 6.45) is 6.55. The highest BCUT2D eigenvalue weighted by Crippen LogP contribution is 2.21. The van der Waals surface area contributed by atoms with E-state index in [1.165, 1.54) is 12.2 Å². The van der Waals surface area contributed by atoms with Gasteiger partial charge in [-0.15, -0.1) is 0 Å². The molecule has 1 amide bonds. The van der Waals surface area contributed by atoms with Crippen molar-refractivity contribution in [2.24, 2.45) is 0 Å². The Labute approximate surface area is 190 Å². The molecule has 2 saturated heterocycles. The van der Waals surface area contributed by atoms with Crippen LogP contribution in [0.25, 0.3) is 6.08 Å². The minimum Gasteiger partial charge on any atom is -0.452 e. The Morgan fingerprint density at radius 1 is 1.03 bits per heavy atom. The number of benzene rings is 1. The first kappa shape index (κ1) is 24.4. The van der Waals surface area contributed by atoms with Crippen LogP contribution in [0.4, 0.5) is 0 Å². The highest BCUT2D eigenvalue weighted by Gasteiger charge is 2.26. The molecule has 2 heterocycles. The fraction of sp³-hybridized carbons (Fsp3) is 0.565. The first-order valence-corrected chi connectivity index (χ1v) is 12.6. The van der Waals surface area contributed by atoms with Gasteiger partial charge in [0.1, 0.15) is 0 Å². The summed E-state index contributed by atoms with van der Waals surface area (Å²) >= 11 is 0. The van der Waals surface area contributed by atoms with Crippen LogP contribution in [0.1, 0.15) is 45.1 Å². The molecular weight excluding hydrogens is 432 g/mol. The van der Waals surface area contributed by atoms with Crippen LogP contribution >= 0.6 is 0 Å². The van der Waals surface area contributed by atoms with Crippen molar-refractivity contribution in [1.82, 2.24) is 9.21 Å². The summed E-state index contributed by atoms with van der Waals surface area (Å²) in [6.45, 7) is 5.53. The number of morpholine rings is 1. The quantitative estimate of drug-likeness (QED) is 0.474. The van der Waals surface area contributed by atoms with Gasteiger partial charge in [-0.25, -0.2) is 13.2 Å². The minimum atomic E-state index is -3.50. The summed E-state index contributed by atoms with van der Waals surface area (Å²) < 4.78 is 37.9. The summed E-state index contributed by atoms with van der Waals surface area (Å²) in [5, 5.41) is 0. The summed E-state index contributed by atoms with van der Waals surface area (Å²) in [4.78, 5) is 26.1. The van der Waals surface area contributed by atoms with Gasteiger partial charge >= 0.3 is 5.97 Å². The molecule has 9 heteroatoms. The van der Waals surface area contributed by atoms with Crippen LogP contribution in [-0.4, -0.2) is 74.5 Å². The highest BCUT2D eigenvalue weighted by atomic mass is 32.2. The second-order valence-corrected chi connectivity index (χ2v) is 10.3. The maximum Gasteiger partial charge on any atom is 0.331 e. The van der Waals surface area contributed by atoms with Gasteiger partial charge in [-0.05, 0) is 50.5 Å². The zero-order valence-corrected chi connectivity index (χ0v) is 19.6. The van der Waals surface area contributed by atoms with E-state index in [0.717, 1.165) is 25.7 Å². The summed E-state index contributed by atoms with van der Waals surface area (Å²) in [5.41, 5.74) is 0.666. The molecule has 0 bridgehead atoms. The van der Waals surface area contributed by atoms with Crippen LogP contribution in [0, 0.1) is 0 Å². The monoisotopic (exact) mass is 464 g/mol. The van der Waals surface area contributed by atoms with Crippen LogP contribution in [0.5, 0.6) is 0 Å². The fourth-order valence-electron chi connectivity index (χ4n) is 4.00. The highest BCUT2D eigenvalue weighted by molar-refractivity contribution is 7.89. The van der Waals surface area contributed by atoms with Crippen molar-refractivity contribution < 1.29 is 27.5 Å². The molecule has 2 unspecified atom stereocenters. The lowest BCUT2D eigenvalue weighted by Crippen LogP contribution is -2.49. The van der Waals surface area contributed by atoms with Crippen molar-refractivity contribution in [2.45, 2.75) is 56.6 Å². The molecule has 1 aromatic rings. The Bertz CT molecular complexity index is 910. The maximum absolute atomic E-state index is 12.8. The largest absolute Gasteiger partial charge is 0.452 e. The Morgan fingerprint density at radius 3 is 2.22 bits per heavy atom. The van der Waals surface area contributed by atoms with Gasteiger partial charge in [0.25, 0.3) is 5.91 Å². The number of esters is 1. The van der Waals surface area contributed by atoms with Crippen molar-refractivity contribution in [2.75, 3.05) is 32.8 Å². The van der Waals surface area contributed by atoms with Gasteiger partial charge in [0, 0.05) is 32.3 Å². The average Bonchev–Trinajstić information content (AvgIpc) is 3.06. The van der Waals surface area contributed by atoms with E-state index in [-0.39, 0.29) is 29.6 Å². The molecule has 0 N–H and O–H groups in total. The maximum atomic E-state index is 12.8. The molecule has 2 aliphatic heterocycles. The third-order valence-electron chi connectivity index (χ3n) is 5.60. The van der Waals surface area contributed by atoms with Crippen LogP contribution < -0.4 is 0 Å². The van der Waals surface area contributed by atoms with Crippen molar-refractivity contribution in [3.63, 3.8) is 0 Å². The SMILES string of the molecule is CC1CN(C(=O)COC(=O)/C=C/c2ccc(S(=O)(=O)N3CCCCCC3)cc2)CC(C)O1. The number of sulfonamides is 1. The van der Waals surface area contributed by atoms with Gasteiger partial charge in [-0.3, -0.25) is 4.79 Å². The van der Waals surface area contributed by atoms with E-state index in [4.69, 9.17) is 9.47 Å². The molecule has 8 nitrogen and oxygen atoms in total. The van der Waals surface area contributed by atoms with Crippen molar-refractivity contribution in [3.05, 3.63) is 35.9 Å². The average molecular weight is 465 g/mol. The number of hydrogen-bond acceptors (Lipinski definition) is 6. The summed E-state index contributed by atoms with van der Waals surface area (Å²) in [5.74, 6) is -0.884. The van der Waals surface area contributed by atoms with Crippen LogP contribution in [0.15, 0.2) is 35.2 Å². The minimum absolute atomic E-state index is 0.0514. The third-order valence-corrected chi connectivity index (χ3v) is 7.52. The Balaban J connectivity index is 1.51. The molecule has 32 heavy (non-hydrogen) atoms. The first-order chi connectivity index (χ1) is 15.3. The molecule has 176 valence electrons. The molecule has 0 aliphatic carbocycles. The number of carbonyl (C=O) groups excluding carboxylic acids is 2. The molecule has 0 aromatic heterocycles. The lowest BCUT2D eigenvalue weighted by Gasteiger charge is -2.35. The van der Waals surface area contributed by atoms with Crippen molar-refractivity contribution >= 4 is 28.0 Å². The molecule has 3 rings (SSSR count). The number of ether oxygens (including phenoxy) is 2. The predicted molar refractivity (Wildman–Crippen MR) is 120 cm³/mol. The zero-order valence-electron chi connectivity index (χ0n) is 18.7. The van der Waals surface area contributed by atoms with Crippen molar-refractivity contribution in [1.29, 1.82) is 0 Å². The van der Waals surface area contributed by atoms with Crippen LogP contribution in [0.2, 0.25) is 0 Å². The lowest BCUT2D eigenvalue weighted by molar-refractivity contribution is -0.154.